The number of carbonyl (C=O) groups is 2. The van der Waals surface area contributed by atoms with Crippen molar-refractivity contribution in [2.75, 3.05) is 26.0 Å². The fraction of sp³-hybridized carbons (Fsp3) is 0.316. The molecule has 0 spiro atoms. The molecule has 2 unspecified atom stereocenters. The zero-order chi connectivity index (χ0) is 20.4. The van der Waals surface area contributed by atoms with Gasteiger partial charge in [-0.2, -0.15) is 0 Å². The molecule has 3 rings (SSSR count). The number of benzene rings is 1. The van der Waals surface area contributed by atoms with Gasteiger partial charge in [-0.15, -0.1) is 12.4 Å². The van der Waals surface area contributed by atoms with E-state index in [-0.39, 0.29) is 36.0 Å². The summed E-state index contributed by atoms with van der Waals surface area (Å²) in [6, 6.07) is 7.40. The summed E-state index contributed by atoms with van der Waals surface area (Å²) in [6.07, 6.45) is 1.41. The third-order valence-electron chi connectivity index (χ3n) is 4.44. The molecule has 9 nitrogen and oxygen atoms in total. The molecular formula is C19H22ClN5O4. The Bertz CT molecular complexity index is 933. The molecule has 0 fully saturated rings. The van der Waals surface area contributed by atoms with Crippen LogP contribution in [0.5, 0.6) is 0 Å². The van der Waals surface area contributed by atoms with Gasteiger partial charge < -0.3 is 15.5 Å². The fourth-order valence-corrected chi connectivity index (χ4v) is 3.27. The monoisotopic (exact) mass is 419 g/mol. The van der Waals surface area contributed by atoms with Gasteiger partial charge >= 0.3 is 0 Å². The van der Waals surface area contributed by atoms with Crippen molar-refractivity contribution in [3.63, 3.8) is 0 Å². The minimum atomic E-state index is -0.750. The van der Waals surface area contributed by atoms with Gasteiger partial charge in [-0.3, -0.25) is 24.7 Å². The molecule has 0 saturated carbocycles. The molecule has 1 aliphatic rings. The van der Waals surface area contributed by atoms with Crippen molar-refractivity contribution >= 4 is 35.6 Å². The van der Waals surface area contributed by atoms with E-state index in [4.69, 9.17) is 0 Å². The first-order chi connectivity index (χ1) is 13.3. The predicted molar refractivity (Wildman–Crippen MR) is 111 cm³/mol. The second kappa shape index (κ2) is 8.97. The third kappa shape index (κ3) is 4.87. The van der Waals surface area contributed by atoms with Crippen molar-refractivity contribution in [3.05, 3.63) is 63.5 Å². The summed E-state index contributed by atoms with van der Waals surface area (Å²) in [7, 11) is 3.85. The number of nitrogens with one attached hydrogen (secondary N) is 2. The van der Waals surface area contributed by atoms with E-state index in [1.807, 2.05) is 25.9 Å². The van der Waals surface area contributed by atoms with Crippen molar-refractivity contribution in [2.45, 2.75) is 18.9 Å². The molecular weight excluding hydrogens is 398 g/mol. The van der Waals surface area contributed by atoms with E-state index in [0.29, 0.717) is 29.1 Å². The number of hydrogen-bond donors (Lipinski definition) is 2. The molecule has 1 aromatic heterocycles. The molecule has 2 N–H and O–H groups in total. The van der Waals surface area contributed by atoms with Crippen LogP contribution in [0.4, 0.5) is 11.4 Å². The maximum atomic E-state index is 12.4. The van der Waals surface area contributed by atoms with Crippen molar-refractivity contribution in [2.24, 2.45) is 0 Å². The lowest BCUT2D eigenvalue weighted by Crippen LogP contribution is -2.39. The minimum Gasteiger partial charge on any atom is -0.348 e. The maximum Gasteiger partial charge on any atom is 0.269 e. The second-order valence-corrected chi connectivity index (χ2v) is 7.06. The van der Waals surface area contributed by atoms with Gasteiger partial charge in [-0.05, 0) is 39.2 Å². The summed E-state index contributed by atoms with van der Waals surface area (Å²) in [4.78, 5) is 41.5. The minimum absolute atomic E-state index is 0. The molecule has 10 heteroatoms. The highest BCUT2D eigenvalue weighted by molar-refractivity contribution is 6.05. The zero-order valence-electron chi connectivity index (χ0n) is 16.2. The number of amides is 2. The summed E-state index contributed by atoms with van der Waals surface area (Å²) >= 11 is 0. The first-order valence-corrected chi connectivity index (χ1v) is 8.77. The number of likely N-dealkylation sites (N-methyl/N-ethyl adjacent to an activating group) is 1. The summed E-state index contributed by atoms with van der Waals surface area (Å²) in [5, 5.41) is 16.6. The Labute approximate surface area is 174 Å². The molecule has 1 aromatic carbocycles. The average Bonchev–Trinajstić information content (AvgIpc) is 2.95. The van der Waals surface area contributed by atoms with E-state index >= 15 is 0 Å². The van der Waals surface area contributed by atoms with E-state index in [1.165, 1.54) is 24.4 Å². The van der Waals surface area contributed by atoms with Gasteiger partial charge in [0.15, 0.2) is 0 Å². The fourth-order valence-electron chi connectivity index (χ4n) is 3.27. The topological polar surface area (TPSA) is 117 Å². The first kappa shape index (κ1) is 22.3. The van der Waals surface area contributed by atoms with E-state index < -0.39 is 10.8 Å². The Hall–Kier alpha value is -3.04. The quantitative estimate of drug-likeness (QED) is 0.547. The molecule has 2 heterocycles. The first-order valence-electron chi connectivity index (χ1n) is 8.77. The summed E-state index contributed by atoms with van der Waals surface area (Å²) in [5.74, 6) is -1.31. The van der Waals surface area contributed by atoms with Crippen LogP contribution >= 0.6 is 12.4 Å². The Kier molecular flexibility index (Phi) is 6.89. The Balaban J connectivity index is 0.00000300. The highest BCUT2D eigenvalue weighted by atomic mass is 35.5. The number of hydrogen-bond acceptors (Lipinski definition) is 6. The van der Waals surface area contributed by atoms with Gasteiger partial charge in [0.1, 0.15) is 5.92 Å². The number of rotatable bonds is 6. The zero-order valence-corrected chi connectivity index (χ0v) is 17.0. The summed E-state index contributed by atoms with van der Waals surface area (Å²) < 4.78 is 0. The molecule has 2 aromatic rings. The lowest BCUT2D eigenvalue weighted by atomic mass is 9.96. The van der Waals surface area contributed by atoms with Crippen LogP contribution in [0.3, 0.4) is 0 Å². The number of anilines is 1. The third-order valence-corrected chi connectivity index (χ3v) is 4.44. The number of non-ortho nitro benzene ring substituents is 1. The van der Waals surface area contributed by atoms with E-state index in [1.54, 1.807) is 12.1 Å². The van der Waals surface area contributed by atoms with Crippen LogP contribution in [0.15, 0.2) is 36.5 Å². The number of carbonyl (C=O) groups excluding carboxylic acids is 2. The van der Waals surface area contributed by atoms with Crippen molar-refractivity contribution in [1.29, 1.82) is 0 Å². The van der Waals surface area contributed by atoms with Crippen molar-refractivity contribution in [3.8, 4) is 0 Å². The molecule has 2 atom stereocenters. The van der Waals surface area contributed by atoms with Crippen LogP contribution in [0.25, 0.3) is 0 Å². The van der Waals surface area contributed by atoms with Gasteiger partial charge in [0, 0.05) is 42.2 Å². The van der Waals surface area contributed by atoms with Gasteiger partial charge in [-0.25, -0.2) is 0 Å². The predicted octanol–water partition coefficient (Wildman–Crippen LogP) is 2.18. The van der Waals surface area contributed by atoms with E-state index in [9.17, 15) is 19.7 Å². The number of fused-ring (bicyclic) bond motifs is 1. The molecule has 2 amide bonds. The van der Waals surface area contributed by atoms with Gasteiger partial charge in [-0.1, -0.05) is 0 Å². The van der Waals surface area contributed by atoms with Gasteiger partial charge in [0.25, 0.3) is 11.6 Å². The molecule has 0 bridgehead atoms. The lowest BCUT2D eigenvalue weighted by Gasteiger charge is -2.18. The highest BCUT2D eigenvalue weighted by Crippen LogP contribution is 2.38. The van der Waals surface area contributed by atoms with Crippen LogP contribution in [0.1, 0.15) is 34.5 Å². The van der Waals surface area contributed by atoms with Crippen LogP contribution in [-0.4, -0.2) is 53.3 Å². The molecule has 0 radical (unpaired) electrons. The normalized spacial score (nSPS) is 15.9. The van der Waals surface area contributed by atoms with E-state index in [0.717, 1.165) is 0 Å². The Morgan fingerprint density at radius 2 is 2.07 bits per heavy atom. The second-order valence-electron chi connectivity index (χ2n) is 7.06. The number of aromatic nitrogens is 1. The summed E-state index contributed by atoms with van der Waals surface area (Å²) in [6.45, 7) is 2.61. The molecule has 0 saturated heterocycles. The number of halogens is 1. The van der Waals surface area contributed by atoms with Gasteiger partial charge in [0.05, 0.1) is 16.2 Å². The molecule has 0 aliphatic carbocycles. The van der Waals surface area contributed by atoms with Crippen molar-refractivity contribution in [1.82, 2.24) is 15.2 Å². The number of nitro groups is 1. The summed E-state index contributed by atoms with van der Waals surface area (Å²) in [5.41, 5.74) is 1.75. The Morgan fingerprint density at radius 3 is 2.66 bits per heavy atom. The highest BCUT2D eigenvalue weighted by Gasteiger charge is 2.34. The number of nitro benzene ring substituents is 1. The molecule has 1 aliphatic heterocycles. The Morgan fingerprint density at radius 1 is 1.34 bits per heavy atom. The molecule has 154 valence electrons. The van der Waals surface area contributed by atoms with Crippen LogP contribution < -0.4 is 10.6 Å². The van der Waals surface area contributed by atoms with E-state index in [2.05, 4.69) is 15.6 Å². The molecule has 29 heavy (non-hydrogen) atoms. The van der Waals surface area contributed by atoms with Crippen molar-refractivity contribution < 1.29 is 14.5 Å². The smallest absolute Gasteiger partial charge is 0.269 e. The van der Waals surface area contributed by atoms with Crippen LogP contribution in [0.2, 0.25) is 0 Å². The number of pyridine rings is 1. The standard InChI is InChI=1S/C19H21N5O4.ClH/c1-11(10-23(2)3)21-18(25)12-4-6-16(20-9-12)17-14-8-13(24(27)28)5-7-15(14)22-19(17)26;/h4-9,11,17H,10H2,1-3H3,(H,21,25)(H,22,26);1H. The lowest BCUT2D eigenvalue weighted by molar-refractivity contribution is -0.384. The largest absolute Gasteiger partial charge is 0.348 e. The number of nitrogens with zero attached hydrogens (tertiary/aromatic N) is 3. The maximum absolute atomic E-state index is 12.4. The SMILES string of the molecule is CC(CN(C)C)NC(=O)c1ccc(C2C(=O)Nc3ccc([N+](=O)[O-])cc32)nc1.Cl. The average molecular weight is 420 g/mol. The van der Waals surface area contributed by atoms with Gasteiger partial charge in [0.2, 0.25) is 5.91 Å². The van der Waals surface area contributed by atoms with Crippen LogP contribution in [0, 0.1) is 10.1 Å². The van der Waals surface area contributed by atoms with Crippen LogP contribution in [-0.2, 0) is 4.79 Å².